The molecule has 0 bridgehead atoms. The first-order chi connectivity index (χ1) is 32.3. The molecule has 8 aromatic rings. The highest BCUT2D eigenvalue weighted by Crippen LogP contribution is 2.61. The number of furan rings is 1. The molecule has 3 nitrogen and oxygen atoms in total. The Morgan fingerprint density at radius 2 is 1.35 bits per heavy atom. The Morgan fingerprint density at radius 1 is 0.632 bits per heavy atom. The van der Waals surface area contributed by atoms with E-state index in [9.17, 15) is 0 Å². The van der Waals surface area contributed by atoms with E-state index in [0.717, 1.165) is 30.5 Å². The largest absolute Gasteiger partial charge is 0.468 e. The van der Waals surface area contributed by atoms with Gasteiger partial charge < -0.3 is 14.6 Å². The number of benzene rings is 7. The summed E-state index contributed by atoms with van der Waals surface area (Å²) in [6.07, 6.45) is 5.86. The highest BCUT2D eigenvalue weighted by molar-refractivity contribution is 6.98. The zero-order valence-electron chi connectivity index (χ0n) is 42.4. The Labute approximate surface area is 404 Å². The molecule has 2 aliphatic heterocycles. The smallest absolute Gasteiger partial charge is 0.295 e. The zero-order chi connectivity index (χ0) is 47.2. The molecule has 68 heavy (non-hydrogen) atoms. The molecule has 340 valence electrons. The van der Waals surface area contributed by atoms with E-state index in [-0.39, 0.29) is 28.4 Å². The maximum atomic E-state index is 7.71. The molecule has 4 heteroatoms. The van der Waals surface area contributed by atoms with Crippen LogP contribution in [-0.2, 0) is 33.5 Å². The van der Waals surface area contributed by atoms with Crippen molar-refractivity contribution >= 4 is 73.5 Å². The summed E-state index contributed by atoms with van der Waals surface area (Å²) < 4.78 is 7.71. The van der Waals surface area contributed by atoms with Crippen LogP contribution in [0.4, 0.5) is 28.4 Å². The van der Waals surface area contributed by atoms with Crippen molar-refractivity contribution in [2.24, 2.45) is 0 Å². The minimum Gasteiger partial charge on any atom is -0.468 e. The standard InChI is InChI=1S/C64H65BN2O/c1-36-29-41(60(3,4)5)23-25-50(36)65-56-52(30-37(2)54-57(56)66-51-21-15-20-43-44-31-39-17-13-14-18-40(39)32-47(44)64(54,12)55(43)51)67(42-24-22-38-19-16-26-61(6,7)46(38)33-42)58-45-34-48-49(35-53(45)68-59(58)65)63(10,11)28-27-62(48,8)9/h13-15,17-18,20-25,29-35,66H,16,19,26-28H2,1-12H3. The van der Waals surface area contributed by atoms with Crippen molar-refractivity contribution in [3.05, 3.63) is 165 Å². The summed E-state index contributed by atoms with van der Waals surface area (Å²) in [5.41, 5.74) is 27.0. The van der Waals surface area contributed by atoms with Gasteiger partial charge in [0.05, 0.1) is 11.3 Å². The molecular formula is C64H65BN2O. The van der Waals surface area contributed by atoms with Gasteiger partial charge in [0.15, 0.2) is 0 Å². The fourth-order valence-electron chi connectivity index (χ4n) is 14.2. The van der Waals surface area contributed by atoms with Crippen LogP contribution in [0.5, 0.6) is 0 Å². The number of nitrogens with zero attached hydrogens (tertiary/aromatic N) is 1. The topological polar surface area (TPSA) is 28.4 Å². The fourth-order valence-corrected chi connectivity index (χ4v) is 14.2. The Kier molecular flexibility index (Phi) is 8.44. The molecule has 3 heterocycles. The predicted molar refractivity (Wildman–Crippen MR) is 290 cm³/mol. The lowest BCUT2D eigenvalue weighted by Crippen LogP contribution is -2.58. The van der Waals surface area contributed by atoms with Gasteiger partial charge in [0.1, 0.15) is 5.58 Å². The van der Waals surface area contributed by atoms with E-state index in [4.69, 9.17) is 4.42 Å². The van der Waals surface area contributed by atoms with E-state index in [1.807, 2.05) is 0 Å². The van der Waals surface area contributed by atoms with Crippen molar-refractivity contribution in [3.8, 4) is 11.1 Å². The molecule has 0 radical (unpaired) electrons. The molecule has 0 fully saturated rings. The lowest BCUT2D eigenvalue weighted by atomic mass is 9.35. The third-order valence-electron chi connectivity index (χ3n) is 18.0. The van der Waals surface area contributed by atoms with Crippen LogP contribution in [0.1, 0.15) is 151 Å². The number of aryl methyl sites for hydroxylation is 3. The average molecular weight is 889 g/mol. The van der Waals surface area contributed by atoms with Gasteiger partial charge in [-0.15, -0.1) is 0 Å². The summed E-state index contributed by atoms with van der Waals surface area (Å²) in [5, 5.41) is 8.05. The van der Waals surface area contributed by atoms with Crippen LogP contribution >= 0.6 is 0 Å². The van der Waals surface area contributed by atoms with Crippen LogP contribution in [0.2, 0.25) is 0 Å². The number of anilines is 5. The molecule has 0 saturated heterocycles. The van der Waals surface area contributed by atoms with Crippen molar-refractivity contribution in [2.75, 3.05) is 10.2 Å². The Hall–Kier alpha value is -6.00. The molecule has 1 unspecified atom stereocenters. The maximum absolute atomic E-state index is 7.71. The van der Waals surface area contributed by atoms with Gasteiger partial charge in [-0.2, -0.15) is 0 Å². The van der Waals surface area contributed by atoms with Crippen LogP contribution < -0.4 is 26.8 Å². The van der Waals surface area contributed by atoms with Crippen molar-refractivity contribution in [1.29, 1.82) is 0 Å². The monoisotopic (exact) mass is 889 g/mol. The number of nitrogens with one attached hydrogen (secondary N) is 1. The highest BCUT2D eigenvalue weighted by atomic mass is 16.3. The maximum Gasteiger partial charge on any atom is 0.295 e. The lowest BCUT2D eigenvalue weighted by molar-refractivity contribution is 0.332. The minimum atomic E-state index is -0.397. The van der Waals surface area contributed by atoms with Crippen molar-refractivity contribution in [2.45, 2.75) is 142 Å². The molecule has 1 atom stereocenters. The number of hydrogen-bond acceptors (Lipinski definition) is 3. The molecule has 13 rings (SSSR count). The molecular weight excluding hydrogens is 824 g/mol. The Balaban J connectivity index is 1.17. The van der Waals surface area contributed by atoms with Gasteiger partial charge in [-0.25, -0.2) is 0 Å². The van der Waals surface area contributed by atoms with E-state index in [1.165, 1.54) is 135 Å². The number of rotatable bonds is 2. The van der Waals surface area contributed by atoms with Gasteiger partial charge in [-0.3, -0.25) is 0 Å². The lowest BCUT2D eigenvalue weighted by Gasteiger charge is -2.43. The van der Waals surface area contributed by atoms with E-state index in [0.29, 0.717) is 0 Å². The second kappa shape index (κ2) is 13.6. The van der Waals surface area contributed by atoms with E-state index in [1.54, 1.807) is 0 Å². The van der Waals surface area contributed by atoms with Gasteiger partial charge in [-0.1, -0.05) is 134 Å². The third-order valence-corrected chi connectivity index (χ3v) is 18.0. The molecule has 0 amide bonds. The quantitative estimate of drug-likeness (QED) is 0.175. The minimum absolute atomic E-state index is 0.0157. The Bertz CT molecular complexity index is 3540. The number of hydrogen-bond donors (Lipinski definition) is 1. The number of fused-ring (bicyclic) bond motifs is 13. The molecule has 0 spiro atoms. The first kappa shape index (κ1) is 42.1. The third kappa shape index (κ3) is 5.61. The Morgan fingerprint density at radius 3 is 2.09 bits per heavy atom. The normalized spacial score (nSPS) is 19.9. The summed E-state index contributed by atoms with van der Waals surface area (Å²) in [4.78, 5) is 2.64. The SMILES string of the molecule is Cc1cc(C(C)(C)C)ccc1B1c2oc3cc4c(cc3c2N(c2ccc3c(c2)C(C)(C)CCC3)c2cc(C)c3c(c21)Nc1cccc2c1C3(C)c1cc3ccccc3cc1-2)C(C)(C)CCC4(C)C. The van der Waals surface area contributed by atoms with Gasteiger partial charge >= 0.3 is 0 Å². The second-order valence-corrected chi connectivity index (χ2v) is 24.7. The van der Waals surface area contributed by atoms with E-state index < -0.39 is 5.41 Å². The van der Waals surface area contributed by atoms with Crippen LogP contribution in [0, 0.1) is 13.8 Å². The predicted octanol–water partition coefficient (Wildman–Crippen LogP) is 15.2. The molecule has 1 aromatic heterocycles. The summed E-state index contributed by atoms with van der Waals surface area (Å²) in [7, 11) is 0. The van der Waals surface area contributed by atoms with Crippen molar-refractivity contribution in [3.63, 3.8) is 0 Å². The van der Waals surface area contributed by atoms with Crippen LogP contribution in [0.3, 0.4) is 0 Å². The summed E-state index contributed by atoms with van der Waals surface area (Å²) in [6.45, 7) is 28.7. The second-order valence-electron chi connectivity index (χ2n) is 24.7. The average Bonchev–Trinajstić information content (AvgIpc) is 3.78. The van der Waals surface area contributed by atoms with Crippen LogP contribution in [0.25, 0.3) is 32.9 Å². The summed E-state index contributed by atoms with van der Waals surface area (Å²) in [5.74, 6) is 0. The highest BCUT2D eigenvalue weighted by Gasteiger charge is 2.52. The van der Waals surface area contributed by atoms with Crippen molar-refractivity contribution in [1.82, 2.24) is 0 Å². The first-order valence-corrected chi connectivity index (χ1v) is 25.5. The van der Waals surface area contributed by atoms with Crippen LogP contribution in [-0.4, -0.2) is 6.71 Å². The fraction of sp³-hybridized carbons (Fsp3) is 0.344. The van der Waals surface area contributed by atoms with E-state index >= 15 is 0 Å². The summed E-state index contributed by atoms with van der Waals surface area (Å²) >= 11 is 0. The van der Waals surface area contributed by atoms with E-state index in [2.05, 4.69) is 202 Å². The molecule has 1 N–H and O–H groups in total. The van der Waals surface area contributed by atoms with Crippen molar-refractivity contribution < 1.29 is 4.42 Å². The van der Waals surface area contributed by atoms with Gasteiger partial charge in [-0.05, 0) is 200 Å². The zero-order valence-corrected chi connectivity index (χ0v) is 42.4. The van der Waals surface area contributed by atoms with Crippen LogP contribution in [0.15, 0.2) is 114 Å². The molecule has 0 saturated carbocycles. The summed E-state index contributed by atoms with van der Waals surface area (Å²) in [6, 6.07) is 43.1. The van der Waals surface area contributed by atoms with Gasteiger partial charge in [0, 0.05) is 33.6 Å². The van der Waals surface area contributed by atoms with Gasteiger partial charge in [0.2, 0.25) is 0 Å². The molecule has 5 aliphatic rings. The first-order valence-electron chi connectivity index (χ1n) is 25.5. The van der Waals surface area contributed by atoms with Gasteiger partial charge in [0.25, 0.3) is 6.71 Å². The molecule has 7 aromatic carbocycles. The molecule has 3 aliphatic carbocycles.